The fourth-order valence-corrected chi connectivity index (χ4v) is 3.09. The zero-order valence-corrected chi connectivity index (χ0v) is 17.2. The van der Waals surface area contributed by atoms with E-state index >= 15 is 0 Å². The lowest BCUT2D eigenvalue weighted by Crippen LogP contribution is -2.30. The summed E-state index contributed by atoms with van der Waals surface area (Å²) >= 11 is 0. The van der Waals surface area contributed by atoms with E-state index in [2.05, 4.69) is 25.5 Å². The van der Waals surface area contributed by atoms with Gasteiger partial charge in [-0.1, -0.05) is 24.3 Å². The molecule has 4 aromatic rings. The van der Waals surface area contributed by atoms with Gasteiger partial charge in [-0.05, 0) is 18.2 Å². The van der Waals surface area contributed by atoms with Crippen LogP contribution in [-0.4, -0.2) is 48.1 Å². The molecule has 0 aliphatic heterocycles. The van der Waals surface area contributed by atoms with Crippen molar-refractivity contribution in [1.29, 1.82) is 0 Å². The number of aliphatic hydroxyl groups excluding tert-OH is 1. The first-order chi connectivity index (χ1) is 15.5. The Morgan fingerprint density at radius 1 is 1.25 bits per heavy atom. The number of aliphatic hydroxyl groups is 1. The molecule has 3 aromatic heterocycles. The third-order valence-electron chi connectivity index (χ3n) is 4.65. The van der Waals surface area contributed by atoms with Crippen LogP contribution in [0.1, 0.15) is 5.56 Å². The zero-order valence-electron chi connectivity index (χ0n) is 17.2. The van der Waals surface area contributed by atoms with Crippen LogP contribution in [0.2, 0.25) is 0 Å². The molecule has 164 valence electrons. The Morgan fingerprint density at radius 3 is 2.81 bits per heavy atom. The third kappa shape index (κ3) is 4.57. The Morgan fingerprint density at radius 2 is 2.06 bits per heavy atom. The minimum absolute atomic E-state index is 0.00819. The molecule has 0 radical (unpaired) electrons. The van der Waals surface area contributed by atoms with E-state index in [0.717, 1.165) is 5.56 Å². The van der Waals surface area contributed by atoms with Gasteiger partial charge in [0.2, 0.25) is 5.95 Å². The fraction of sp³-hybridized carbons (Fsp3) is 0.190. The first-order valence-electron chi connectivity index (χ1n) is 9.77. The van der Waals surface area contributed by atoms with Crippen molar-refractivity contribution < 1.29 is 9.84 Å². The highest BCUT2D eigenvalue weighted by Gasteiger charge is 2.19. The van der Waals surface area contributed by atoms with E-state index in [4.69, 9.17) is 4.74 Å². The summed E-state index contributed by atoms with van der Waals surface area (Å²) in [7, 11) is 1.50. The highest BCUT2D eigenvalue weighted by atomic mass is 16.5. The van der Waals surface area contributed by atoms with Gasteiger partial charge in [0.25, 0.3) is 5.56 Å². The molecule has 0 bridgehead atoms. The average Bonchev–Trinajstić information content (AvgIpc) is 3.16. The van der Waals surface area contributed by atoms with Gasteiger partial charge in [0, 0.05) is 25.0 Å². The number of imidazole rings is 1. The van der Waals surface area contributed by atoms with Crippen molar-refractivity contribution in [2.24, 2.45) is 12.1 Å². The molecule has 4 rings (SSSR count). The number of aromatic nitrogens is 5. The van der Waals surface area contributed by atoms with Gasteiger partial charge in [0.1, 0.15) is 18.5 Å². The normalized spacial score (nSPS) is 12.3. The van der Waals surface area contributed by atoms with Crippen molar-refractivity contribution in [3.63, 3.8) is 0 Å². The number of hydrazone groups is 1. The van der Waals surface area contributed by atoms with Crippen LogP contribution < -0.4 is 21.4 Å². The van der Waals surface area contributed by atoms with E-state index in [1.54, 1.807) is 30.6 Å². The van der Waals surface area contributed by atoms with Gasteiger partial charge in [0.15, 0.2) is 11.2 Å². The number of benzene rings is 1. The van der Waals surface area contributed by atoms with E-state index in [9.17, 15) is 14.7 Å². The summed E-state index contributed by atoms with van der Waals surface area (Å²) < 4.78 is 8.28. The summed E-state index contributed by atoms with van der Waals surface area (Å²) in [6.45, 7) is -0.0267. The molecule has 11 heteroatoms. The minimum Gasteiger partial charge on any atom is -0.491 e. The largest absolute Gasteiger partial charge is 0.491 e. The topological polar surface area (TPSA) is 139 Å². The van der Waals surface area contributed by atoms with Gasteiger partial charge in [0.05, 0.1) is 12.8 Å². The van der Waals surface area contributed by atoms with Crippen molar-refractivity contribution in [1.82, 2.24) is 24.1 Å². The van der Waals surface area contributed by atoms with E-state index in [1.807, 2.05) is 24.3 Å². The molecule has 1 aromatic carbocycles. The Balaban J connectivity index is 1.63. The van der Waals surface area contributed by atoms with Crippen LogP contribution >= 0.6 is 0 Å². The SMILES string of the molecule is Cn1c(=O)[nH]c(=O)c2c1nc(NN=Cc1cccnc1)n2CC(O)COc1ccccc1. The van der Waals surface area contributed by atoms with Crippen molar-refractivity contribution in [3.05, 3.63) is 81.3 Å². The summed E-state index contributed by atoms with van der Waals surface area (Å²) in [6, 6.07) is 12.7. The van der Waals surface area contributed by atoms with Gasteiger partial charge in [-0.25, -0.2) is 10.2 Å². The predicted molar refractivity (Wildman–Crippen MR) is 119 cm³/mol. The maximum Gasteiger partial charge on any atom is 0.329 e. The first-order valence-corrected chi connectivity index (χ1v) is 9.77. The summed E-state index contributed by atoms with van der Waals surface area (Å²) in [5.74, 6) is 0.798. The first kappa shape index (κ1) is 21.0. The number of nitrogens with zero attached hydrogens (tertiary/aromatic N) is 5. The monoisotopic (exact) mass is 435 g/mol. The fourth-order valence-electron chi connectivity index (χ4n) is 3.09. The maximum atomic E-state index is 12.5. The van der Waals surface area contributed by atoms with Crippen LogP contribution in [0.25, 0.3) is 11.2 Å². The standard InChI is InChI=1S/C21H21N7O4/c1-27-18-17(19(30)25-21(27)31)28(12-15(29)13-32-16-7-3-2-4-8-16)20(24-18)26-23-11-14-6-5-9-22-10-14/h2-11,15,29H,12-13H2,1H3,(H,24,26)(H,25,30,31). The molecule has 3 N–H and O–H groups in total. The molecule has 1 unspecified atom stereocenters. The van der Waals surface area contributed by atoms with Crippen molar-refractivity contribution in [2.45, 2.75) is 12.6 Å². The molecular weight excluding hydrogens is 414 g/mol. The number of aromatic amines is 1. The van der Waals surface area contributed by atoms with Gasteiger partial charge >= 0.3 is 5.69 Å². The van der Waals surface area contributed by atoms with Gasteiger partial charge in [-0.15, -0.1) is 0 Å². The lowest BCUT2D eigenvalue weighted by Gasteiger charge is -2.15. The van der Waals surface area contributed by atoms with Crippen molar-refractivity contribution >= 4 is 23.3 Å². The van der Waals surface area contributed by atoms with E-state index < -0.39 is 17.4 Å². The minimum atomic E-state index is -0.966. The quantitative estimate of drug-likeness (QED) is 0.273. The van der Waals surface area contributed by atoms with Crippen LogP contribution in [0.4, 0.5) is 5.95 Å². The van der Waals surface area contributed by atoms with Gasteiger partial charge in [-0.2, -0.15) is 10.1 Å². The Kier molecular flexibility index (Phi) is 6.08. The van der Waals surface area contributed by atoms with Gasteiger partial charge < -0.3 is 14.4 Å². The van der Waals surface area contributed by atoms with Crippen LogP contribution in [0.15, 0.2) is 69.5 Å². The molecule has 0 aliphatic carbocycles. The molecule has 11 nitrogen and oxygen atoms in total. The number of ether oxygens (including phenoxy) is 1. The van der Waals surface area contributed by atoms with E-state index in [-0.39, 0.29) is 30.3 Å². The molecule has 1 atom stereocenters. The zero-order chi connectivity index (χ0) is 22.5. The smallest absolute Gasteiger partial charge is 0.329 e. The van der Waals surface area contributed by atoms with Crippen molar-refractivity contribution in [3.8, 4) is 5.75 Å². The number of fused-ring (bicyclic) bond motifs is 1. The Bertz CT molecular complexity index is 1340. The summed E-state index contributed by atoms with van der Waals surface area (Å²) in [6.07, 6.45) is 3.85. The predicted octanol–water partition coefficient (Wildman–Crippen LogP) is 0.704. The summed E-state index contributed by atoms with van der Waals surface area (Å²) in [5, 5.41) is 14.7. The maximum absolute atomic E-state index is 12.5. The van der Waals surface area contributed by atoms with Crippen LogP contribution in [0.5, 0.6) is 5.75 Å². The molecule has 0 aliphatic rings. The average molecular weight is 435 g/mol. The molecule has 32 heavy (non-hydrogen) atoms. The highest BCUT2D eigenvalue weighted by molar-refractivity contribution is 5.80. The van der Waals surface area contributed by atoms with Crippen LogP contribution in [0.3, 0.4) is 0 Å². The molecule has 0 saturated heterocycles. The number of pyridine rings is 1. The molecule has 3 heterocycles. The number of hydrogen-bond acceptors (Lipinski definition) is 8. The number of para-hydroxylation sites is 1. The number of anilines is 1. The van der Waals surface area contributed by atoms with Crippen LogP contribution in [0, 0.1) is 0 Å². The third-order valence-corrected chi connectivity index (χ3v) is 4.65. The summed E-state index contributed by atoms with van der Waals surface area (Å²) in [4.78, 5) is 35.1. The second-order valence-electron chi connectivity index (χ2n) is 6.97. The number of rotatable bonds is 8. The Labute approximate surface area is 181 Å². The van der Waals surface area contributed by atoms with E-state index in [1.165, 1.54) is 22.4 Å². The Hall–Kier alpha value is -4.25. The van der Waals surface area contributed by atoms with Crippen molar-refractivity contribution in [2.75, 3.05) is 12.0 Å². The number of hydrogen-bond donors (Lipinski definition) is 3. The lowest BCUT2D eigenvalue weighted by molar-refractivity contribution is 0.0938. The molecule has 0 saturated carbocycles. The van der Waals surface area contributed by atoms with Gasteiger partial charge in [-0.3, -0.25) is 19.3 Å². The second-order valence-corrected chi connectivity index (χ2v) is 6.97. The number of nitrogens with one attached hydrogen (secondary N) is 2. The van der Waals surface area contributed by atoms with Crippen LogP contribution in [-0.2, 0) is 13.6 Å². The molecule has 0 amide bonds. The van der Waals surface area contributed by atoms with E-state index in [0.29, 0.717) is 5.75 Å². The number of aryl methyl sites for hydroxylation is 1. The second kappa shape index (κ2) is 9.27. The molecule has 0 fully saturated rings. The molecular formula is C21H21N7O4. The highest BCUT2D eigenvalue weighted by Crippen LogP contribution is 2.17. The summed E-state index contributed by atoms with van der Waals surface area (Å²) in [5.41, 5.74) is 2.62. The molecule has 0 spiro atoms. The number of H-pyrrole nitrogens is 1. The lowest BCUT2D eigenvalue weighted by atomic mass is 10.3.